The molecule has 0 radical (unpaired) electrons. The van der Waals surface area contributed by atoms with Gasteiger partial charge >= 0.3 is 0 Å². The molecule has 0 heterocycles. The summed E-state index contributed by atoms with van der Waals surface area (Å²) in [5.41, 5.74) is 10.6. The maximum absolute atomic E-state index is 6.05. The molecule has 0 atom stereocenters. The third-order valence-corrected chi connectivity index (χ3v) is 5.94. The molecule has 3 rings (SSSR count). The summed E-state index contributed by atoms with van der Waals surface area (Å²) >= 11 is 6.05. The summed E-state index contributed by atoms with van der Waals surface area (Å²) in [6.07, 6.45) is 0. The van der Waals surface area contributed by atoms with Gasteiger partial charge in [-0.25, -0.2) is 0 Å². The highest BCUT2D eigenvalue weighted by molar-refractivity contribution is 6.30. The minimum atomic E-state index is 0.448. The quantitative estimate of drug-likeness (QED) is 0.344. The number of hydrogen-bond donors (Lipinski definition) is 0. The van der Waals surface area contributed by atoms with E-state index < -0.39 is 0 Å². The Morgan fingerprint density at radius 2 is 1.21 bits per heavy atom. The largest absolute Gasteiger partial charge is 0.390 e. The summed E-state index contributed by atoms with van der Waals surface area (Å²) in [5, 5.41) is 5.23. The molecule has 28 heavy (non-hydrogen) atoms. The Morgan fingerprint density at radius 3 is 1.79 bits per heavy atom. The molecular formula is C25H26ClNO. The first kappa shape index (κ1) is 20.2. The van der Waals surface area contributed by atoms with Crippen LogP contribution in [0.4, 0.5) is 0 Å². The standard InChI is InChI=1S/C25H26ClNO/c1-16-17(2)19(4)24(20(5)18(16)3)15-28-27-25(21-9-7-6-8-10-21)22-11-13-23(26)14-12-22/h6-14H,15H2,1-5H3. The van der Waals surface area contributed by atoms with Gasteiger partial charge in [0, 0.05) is 16.1 Å². The molecular weight excluding hydrogens is 366 g/mol. The van der Waals surface area contributed by atoms with Crippen LogP contribution in [0.1, 0.15) is 44.5 Å². The van der Waals surface area contributed by atoms with Crippen molar-refractivity contribution < 1.29 is 4.84 Å². The summed E-state index contributed by atoms with van der Waals surface area (Å²) in [7, 11) is 0. The van der Waals surface area contributed by atoms with E-state index >= 15 is 0 Å². The van der Waals surface area contributed by atoms with Crippen LogP contribution in [0, 0.1) is 34.6 Å². The summed E-state index contributed by atoms with van der Waals surface area (Å²) < 4.78 is 0. The number of rotatable bonds is 5. The van der Waals surface area contributed by atoms with Crippen LogP contribution in [0.15, 0.2) is 59.8 Å². The Kier molecular flexibility index (Phi) is 6.21. The van der Waals surface area contributed by atoms with Crippen molar-refractivity contribution in [2.75, 3.05) is 0 Å². The monoisotopic (exact) mass is 391 g/mol. The van der Waals surface area contributed by atoms with E-state index in [-0.39, 0.29) is 0 Å². The fraction of sp³-hybridized carbons (Fsp3) is 0.240. The van der Waals surface area contributed by atoms with E-state index in [1.807, 2.05) is 54.6 Å². The first-order valence-electron chi connectivity index (χ1n) is 9.47. The van der Waals surface area contributed by atoms with Gasteiger partial charge < -0.3 is 4.84 Å². The van der Waals surface area contributed by atoms with Gasteiger partial charge in [0.2, 0.25) is 0 Å². The molecule has 3 aromatic carbocycles. The first-order valence-corrected chi connectivity index (χ1v) is 9.85. The van der Waals surface area contributed by atoms with E-state index in [9.17, 15) is 0 Å². The summed E-state index contributed by atoms with van der Waals surface area (Å²) in [5.74, 6) is 0. The van der Waals surface area contributed by atoms with Crippen LogP contribution in [0.2, 0.25) is 5.02 Å². The van der Waals surface area contributed by atoms with Crippen molar-refractivity contribution >= 4 is 17.3 Å². The van der Waals surface area contributed by atoms with Crippen LogP contribution >= 0.6 is 11.6 Å². The molecule has 0 aromatic heterocycles. The SMILES string of the molecule is Cc1c(C)c(C)c(CON=C(c2ccccc2)c2ccc(Cl)cc2)c(C)c1C. The Bertz CT molecular complexity index is 976. The summed E-state index contributed by atoms with van der Waals surface area (Å²) in [4.78, 5) is 5.89. The van der Waals surface area contributed by atoms with Crippen molar-refractivity contribution in [2.24, 2.45) is 5.16 Å². The number of halogens is 1. The molecule has 0 aliphatic heterocycles. The van der Waals surface area contributed by atoms with Crippen LogP contribution < -0.4 is 0 Å². The molecule has 0 amide bonds. The third-order valence-electron chi connectivity index (χ3n) is 5.68. The Hall–Kier alpha value is -2.58. The molecule has 0 saturated carbocycles. The average molecular weight is 392 g/mol. The lowest BCUT2D eigenvalue weighted by Gasteiger charge is -2.18. The van der Waals surface area contributed by atoms with Crippen molar-refractivity contribution in [3.8, 4) is 0 Å². The van der Waals surface area contributed by atoms with Crippen molar-refractivity contribution in [1.82, 2.24) is 0 Å². The zero-order valence-corrected chi connectivity index (χ0v) is 17.9. The number of oxime groups is 1. The smallest absolute Gasteiger partial charge is 0.142 e. The molecule has 0 aliphatic rings. The fourth-order valence-corrected chi connectivity index (χ4v) is 3.56. The molecule has 144 valence electrons. The molecule has 0 fully saturated rings. The van der Waals surface area contributed by atoms with E-state index in [1.54, 1.807) is 0 Å². The molecule has 3 aromatic rings. The predicted octanol–water partition coefficient (Wildman–Crippen LogP) is 6.85. The van der Waals surface area contributed by atoms with Gasteiger partial charge in [-0.1, -0.05) is 59.2 Å². The van der Waals surface area contributed by atoms with E-state index in [0.717, 1.165) is 16.8 Å². The second-order valence-corrected chi connectivity index (χ2v) is 7.63. The van der Waals surface area contributed by atoms with Crippen LogP contribution in [0.25, 0.3) is 0 Å². The molecule has 0 bridgehead atoms. The van der Waals surface area contributed by atoms with Crippen LogP contribution in [-0.4, -0.2) is 5.71 Å². The zero-order valence-electron chi connectivity index (χ0n) is 17.1. The average Bonchev–Trinajstić information content (AvgIpc) is 2.72. The second kappa shape index (κ2) is 8.62. The minimum Gasteiger partial charge on any atom is -0.390 e. The van der Waals surface area contributed by atoms with Crippen LogP contribution in [-0.2, 0) is 11.4 Å². The third kappa shape index (κ3) is 4.13. The molecule has 2 nitrogen and oxygen atoms in total. The predicted molar refractivity (Wildman–Crippen MR) is 118 cm³/mol. The van der Waals surface area contributed by atoms with Gasteiger partial charge in [-0.2, -0.15) is 0 Å². The highest BCUT2D eigenvalue weighted by Crippen LogP contribution is 2.27. The topological polar surface area (TPSA) is 21.6 Å². The van der Waals surface area contributed by atoms with Crippen molar-refractivity contribution in [1.29, 1.82) is 0 Å². The molecule has 0 spiro atoms. The minimum absolute atomic E-state index is 0.448. The Morgan fingerprint density at radius 1 is 0.714 bits per heavy atom. The molecule has 0 unspecified atom stereocenters. The van der Waals surface area contributed by atoms with Crippen LogP contribution in [0.5, 0.6) is 0 Å². The fourth-order valence-electron chi connectivity index (χ4n) is 3.43. The van der Waals surface area contributed by atoms with Crippen LogP contribution in [0.3, 0.4) is 0 Å². The van der Waals surface area contributed by atoms with E-state index in [4.69, 9.17) is 16.4 Å². The van der Waals surface area contributed by atoms with Gasteiger partial charge in [-0.3, -0.25) is 0 Å². The molecule has 0 saturated heterocycles. The van der Waals surface area contributed by atoms with Gasteiger partial charge in [0.1, 0.15) is 12.3 Å². The maximum atomic E-state index is 6.05. The maximum Gasteiger partial charge on any atom is 0.142 e. The zero-order chi connectivity index (χ0) is 20.3. The number of hydrogen-bond acceptors (Lipinski definition) is 2. The lowest BCUT2D eigenvalue weighted by atomic mass is 9.90. The second-order valence-electron chi connectivity index (χ2n) is 7.19. The van der Waals surface area contributed by atoms with Crippen molar-refractivity contribution in [2.45, 2.75) is 41.2 Å². The summed E-state index contributed by atoms with van der Waals surface area (Å²) in [6, 6.07) is 17.7. The lowest BCUT2D eigenvalue weighted by molar-refractivity contribution is 0.130. The number of benzene rings is 3. The van der Waals surface area contributed by atoms with Gasteiger partial charge in [-0.05, 0) is 80.1 Å². The Balaban J connectivity index is 1.94. The highest BCUT2D eigenvalue weighted by atomic mass is 35.5. The van der Waals surface area contributed by atoms with E-state index in [1.165, 1.54) is 33.4 Å². The van der Waals surface area contributed by atoms with Crippen molar-refractivity contribution in [3.05, 3.63) is 104 Å². The van der Waals surface area contributed by atoms with E-state index in [0.29, 0.717) is 11.6 Å². The van der Waals surface area contributed by atoms with Gasteiger partial charge in [0.05, 0.1) is 0 Å². The van der Waals surface area contributed by atoms with Gasteiger partial charge in [-0.15, -0.1) is 0 Å². The normalized spacial score (nSPS) is 11.6. The number of nitrogens with zero attached hydrogens (tertiary/aromatic N) is 1. The lowest BCUT2D eigenvalue weighted by Crippen LogP contribution is -2.07. The van der Waals surface area contributed by atoms with Gasteiger partial charge in [0.25, 0.3) is 0 Å². The molecule has 3 heteroatoms. The molecule has 0 N–H and O–H groups in total. The Labute approximate surface area is 172 Å². The molecule has 0 aliphatic carbocycles. The highest BCUT2D eigenvalue weighted by Gasteiger charge is 2.13. The van der Waals surface area contributed by atoms with Gasteiger partial charge in [0.15, 0.2) is 0 Å². The first-order chi connectivity index (χ1) is 13.4. The van der Waals surface area contributed by atoms with Crippen molar-refractivity contribution in [3.63, 3.8) is 0 Å². The van der Waals surface area contributed by atoms with E-state index in [2.05, 4.69) is 39.8 Å². The summed E-state index contributed by atoms with van der Waals surface area (Å²) in [6.45, 7) is 11.3.